The summed E-state index contributed by atoms with van der Waals surface area (Å²) < 4.78 is 7.07. The lowest BCUT2D eigenvalue weighted by Crippen LogP contribution is -2.42. The predicted octanol–water partition coefficient (Wildman–Crippen LogP) is 1.11. The molecule has 0 saturated carbocycles. The first-order chi connectivity index (χ1) is 9.65. The average molecular weight is 274 g/mol. The summed E-state index contributed by atoms with van der Waals surface area (Å²) in [4.78, 5) is 10.8. The van der Waals surface area contributed by atoms with E-state index in [4.69, 9.17) is 9.84 Å². The standard InChI is InChI=1S/C15H15NO4/c17-13(11-20-14-6-2-1-3-7-14)10-16-8-4-5-12(9-16)15(18)19/h1-9,13,17H,10-11H2/p+1. The molecular weight excluding hydrogens is 258 g/mol. The summed E-state index contributed by atoms with van der Waals surface area (Å²) in [6, 6.07) is 12.4. The zero-order valence-corrected chi connectivity index (χ0v) is 10.8. The highest BCUT2D eigenvalue weighted by atomic mass is 16.5. The van der Waals surface area contributed by atoms with Gasteiger partial charge in [-0.1, -0.05) is 18.2 Å². The molecule has 20 heavy (non-hydrogen) atoms. The summed E-state index contributed by atoms with van der Waals surface area (Å²) in [5, 5.41) is 18.8. The van der Waals surface area contributed by atoms with Crippen molar-refractivity contribution in [2.75, 3.05) is 6.61 Å². The molecule has 0 bridgehead atoms. The van der Waals surface area contributed by atoms with Crippen molar-refractivity contribution in [2.45, 2.75) is 12.6 Å². The Kier molecular flexibility index (Phi) is 4.68. The maximum atomic E-state index is 10.8. The number of carboxylic acids is 1. The molecule has 0 radical (unpaired) electrons. The fraction of sp³-hybridized carbons (Fsp3) is 0.200. The minimum Gasteiger partial charge on any atom is -0.491 e. The zero-order chi connectivity index (χ0) is 14.4. The van der Waals surface area contributed by atoms with Gasteiger partial charge in [-0.15, -0.1) is 0 Å². The van der Waals surface area contributed by atoms with Crippen LogP contribution >= 0.6 is 0 Å². The third-order valence-electron chi connectivity index (χ3n) is 2.71. The first-order valence-corrected chi connectivity index (χ1v) is 6.23. The average Bonchev–Trinajstić information content (AvgIpc) is 2.46. The van der Waals surface area contributed by atoms with E-state index in [1.54, 1.807) is 16.8 Å². The molecule has 2 rings (SSSR count). The molecular formula is C15H16NO4+. The molecule has 0 aliphatic heterocycles. The van der Waals surface area contributed by atoms with Crippen LogP contribution in [0.15, 0.2) is 54.9 Å². The number of aromatic nitrogens is 1. The number of carboxylic acid groups (broad SMARTS) is 1. The smallest absolute Gasteiger partial charge is 0.341 e. The lowest BCUT2D eigenvalue weighted by atomic mass is 10.3. The Morgan fingerprint density at radius 3 is 2.65 bits per heavy atom. The van der Waals surface area contributed by atoms with E-state index >= 15 is 0 Å². The summed E-state index contributed by atoms with van der Waals surface area (Å²) in [6.07, 6.45) is 2.47. The number of aliphatic hydroxyl groups is 1. The highest BCUT2D eigenvalue weighted by molar-refractivity contribution is 5.86. The van der Waals surface area contributed by atoms with Crippen molar-refractivity contribution in [3.63, 3.8) is 0 Å². The van der Waals surface area contributed by atoms with Crippen molar-refractivity contribution in [3.8, 4) is 5.75 Å². The molecule has 104 valence electrons. The molecule has 2 N–H and O–H groups in total. The van der Waals surface area contributed by atoms with E-state index in [-0.39, 0.29) is 18.7 Å². The predicted molar refractivity (Wildman–Crippen MR) is 71.5 cm³/mol. The van der Waals surface area contributed by atoms with Gasteiger partial charge in [-0.25, -0.2) is 9.36 Å². The number of nitrogens with zero attached hydrogens (tertiary/aromatic N) is 1. The van der Waals surface area contributed by atoms with Gasteiger partial charge in [0.2, 0.25) is 0 Å². The van der Waals surface area contributed by atoms with Crippen molar-refractivity contribution in [1.82, 2.24) is 0 Å². The SMILES string of the molecule is O=C(O)c1ccc[n+](CC(O)COc2ccccc2)c1. The minimum absolute atomic E-state index is 0.147. The quantitative estimate of drug-likeness (QED) is 0.774. The zero-order valence-electron chi connectivity index (χ0n) is 10.8. The topological polar surface area (TPSA) is 70.6 Å². The summed E-state index contributed by atoms with van der Waals surface area (Å²) in [7, 11) is 0. The summed E-state index contributed by atoms with van der Waals surface area (Å²) >= 11 is 0. The second-order valence-corrected chi connectivity index (χ2v) is 4.37. The fourth-order valence-corrected chi connectivity index (χ4v) is 1.77. The van der Waals surface area contributed by atoms with E-state index in [9.17, 15) is 9.90 Å². The van der Waals surface area contributed by atoms with E-state index in [1.165, 1.54) is 12.3 Å². The summed E-state index contributed by atoms with van der Waals surface area (Å²) in [6.45, 7) is 0.419. The van der Waals surface area contributed by atoms with Crippen molar-refractivity contribution in [3.05, 3.63) is 60.4 Å². The molecule has 2 aromatic rings. The minimum atomic E-state index is -0.991. The second-order valence-electron chi connectivity index (χ2n) is 4.37. The molecule has 5 nitrogen and oxygen atoms in total. The number of benzene rings is 1. The van der Waals surface area contributed by atoms with Gasteiger partial charge < -0.3 is 14.9 Å². The highest BCUT2D eigenvalue weighted by Crippen LogP contribution is 2.08. The molecule has 1 heterocycles. The van der Waals surface area contributed by atoms with E-state index in [0.29, 0.717) is 5.75 Å². The maximum absolute atomic E-state index is 10.8. The summed E-state index contributed by atoms with van der Waals surface area (Å²) in [5.74, 6) is -0.301. The normalized spacial score (nSPS) is 11.8. The van der Waals surface area contributed by atoms with Crippen LogP contribution in [0.25, 0.3) is 0 Å². The van der Waals surface area contributed by atoms with Crippen molar-refractivity contribution < 1.29 is 24.3 Å². The molecule has 1 unspecified atom stereocenters. The number of hydrogen-bond donors (Lipinski definition) is 2. The first kappa shape index (κ1) is 14.0. The Morgan fingerprint density at radius 2 is 1.95 bits per heavy atom. The van der Waals surface area contributed by atoms with E-state index in [1.807, 2.05) is 30.3 Å². The Bertz CT molecular complexity index is 571. The third-order valence-corrected chi connectivity index (χ3v) is 2.71. The number of aliphatic hydroxyl groups excluding tert-OH is 1. The van der Waals surface area contributed by atoms with Crippen molar-refractivity contribution in [2.24, 2.45) is 0 Å². The lowest BCUT2D eigenvalue weighted by molar-refractivity contribution is -0.703. The number of carbonyl (C=O) groups is 1. The molecule has 1 aromatic heterocycles. The molecule has 5 heteroatoms. The van der Waals surface area contributed by atoms with Crippen LogP contribution in [0.4, 0.5) is 0 Å². The van der Waals surface area contributed by atoms with E-state index in [0.717, 1.165) is 0 Å². The number of rotatable bonds is 6. The number of pyridine rings is 1. The molecule has 1 atom stereocenters. The molecule has 0 amide bonds. The van der Waals surface area contributed by atoms with E-state index in [2.05, 4.69) is 0 Å². The molecule has 0 aliphatic carbocycles. The fourth-order valence-electron chi connectivity index (χ4n) is 1.77. The Labute approximate surface area is 116 Å². The molecule has 0 fully saturated rings. The summed E-state index contributed by atoms with van der Waals surface area (Å²) in [5.41, 5.74) is 0.184. The lowest BCUT2D eigenvalue weighted by Gasteiger charge is -2.09. The molecule has 0 aliphatic rings. The number of ether oxygens (including phenoxy) is 1. The molecule has 0 saturated heterocycles. The van der Waals surface area contributed by atoms with Crippen LogP contribution in [0.2, 0.25) is 0 Å². The largest absolute Gasteiger partial charge is 0.491 e. The molecule has 1 aromatic carbocycles. The van der Waals surface area contributed by atoms with Crippen LogP contribution in [0, 0.1) is 0 Å². The third kappa shape index (κ3) is 4.07. The van der Waals surface area contributed by atoms with Gasteiger partial charge in [-0.3, -0.25) is 0 Å². The van der Waals surface area contributed by atoms with Crippen LogP contribution in [0.5, 0.6) is 5.75 Å². The maximum Gasteiger partial charge on any atom is 0.341 e. The van der Waals surface area contributed by atoms with Crippen molar-refractivity contribution in [1.29, 1.82) is 0 Å². The Hall–Kier alpha value is -2.40. The van der Waals surface area contributed by atoms with Gasteiger partial charge in [0.1, 0.15) is 24.0 Å². The first-order valence-electron chi connectivity index (χ1n) is 6.23. The van der Waals surface area contributed by atoms with Gasteiger partial charge in [0, 0.05) is 6.07 Å². The second kappa shape index (κ2) is 6.68. The van der Waals surface area contributed by atoms with Gasteiger partial charge >= 0.3 is 5.97 Å². The van der Waals surface area contributed by atoms with Gasteiger partial charge in [-0.2, -0.15) is 0 Å². The Balaban J connectivity index is 1.89. The van der Waals surface area contributed by atoms with Gasteiger partial charge in [-0.05, 0) is 18.2 Å². The monoisotopic (exact) mass is 274 g/mol. The van der Waals surface area contributed by atoms with Gasteiger partial charge in [0.25, 0.3) is 0 Å². The molecule has 0 spiro atoms. The van der Waals surface area contributed by atoms with Crippen LogP contribution in [0.3, 0.4) is 0 Å². The van der Waals surface area contributed by atoms with Gasteiger partial charge in [0.05, 0.1) is 0 Å². The highest BCUT2D eigenvalue weighted by Gasteiger charge is 2.14. The van der Waals surface area contributed by atoms with Crippen LogP contribution in [-0.4, -0.2) is 28.9 Å². The van der Waals surface area contributed by atoms with Crippen molar-refractivity contribution >= 4 is 5.97 Å². The Morgan fingerprint density at radius 1 is 1.20 bits per heavy atom. The number of aromatic carboxylic acids is 1. The van der Waals surface area contributed by atoms with Crippen LogP contribution < -0.4 is 9.30 Å². The van der Waals surface area contributed by atoms with Crippen LogP contribution in [0.1, 0.15) is 10.4 Å². The van der Waals surface area contributed by atoms with Gasteiger partial charge in [0.15, 0.2) is 18.9 Å². The van der Waals surface area contributed by atoms with E-state index < -0.39 is 12.1 Å². The number of para-hydroxylation sites is 1. The van der Waals surface area contributed by atoms with Crippen LogP contribution in [-0.2, 0) is 6.54 Å². The number of hydrogen-bond acceptors (Lipinski definition) is 3.